The molecule has 0 bridgehead atoms. The van der Waals surface area contributed by atoms with Gasteiger partial charge in [-0.25, -0.2) is 9.97 Å². The van der Waals surface area contributed by atoms with Gasteiger partial charge in [0.2, 0.25) is 0 Å². The van der Waals surface area contributed by atoms with Crippen LogP contribution in [0.4, 0.5) is 23.0 Å². The largest absolute Gasteiger partial charge is 0.399 e. The lowest BCUT2D eigenvalue weighted by molar-refractivity contribution is 0.965. The maximum Gasteiger partial charge on any atom is 0.135 e. The zero-order valence-electron chi connectivity index (χ0n) is 10.4. The van der Waals surface area contributed by atoms with Crippen LogP contribution < -0.4 is 16.4 Å². The van der Waals surface area contributed by atoms with E-state index in [-0.39, 0.29) is 0 Å². The first-order chi connectivity index (χ1) is 8.78. The minimum atomic E-state index is 0.744. The summed E-state index contributed by atoms with van der Waals surface area (Å²) in [4.78, 5) is 8.32. The monoisotopic (exact) mass is 243 g/mol. The van der Waals surface area contributed by atoms with E-state index >= 15 is 0 Å². The van der Waals surface area contributed by atoms with Crippen molar-refractivity contribution in [2.75, 3.05) is 22.9 Å². The summed E-state index contributed by atoms with van der Waals surface area (Å²) in [5.74, 6) is 1.58. The molecule has 0 spiro atoms. The van der Waals surface area contributed by atoms with Crippen LogP contribution in [0.2, 0.25) is 0 Å². The predicted molar refractivity (Wildman–Crippen MR) is 74.9 cm³/mol. The van der Waals surface area contributed by atoms with Crippen molar-refractivity contribution in [2.45, 2.75) is 13.3 Å². The van der Waals surface area contributed by atoms with Crippen LogP contribution in [0.5, 0.6) is 0 Å². The van der Waals surface area contributed by atoms with E-state index in [1.54, 1.807) is 0 Å². The van der Waals surface area contributed by atoms with Gasteiger partial charge in [-0.2, -0.15) is 0 Å². The predicted octanol–water partition coefficient (Wildman–Crippen LogP) is 2.62. The summed E-state index contributed by atoms with van der Waals surface area (Å²) in [6, 6.07) is 9.40. The van der Waals surface area contributed by atoms with E-state index in [1.165, 1.54) is 6.33 Å². The molecule has 0 saturated heterocycles. The second-order valence-corrected chi connectivity index (χ2v) is 3.96. The molecule has 0 fully saturated rings. The number of nitrogens with two attached hydrogens (primary N) is 1. The standard InChI is InChI=1S/C13H17N5/c1-2-7-15-12-8-13(17-9-16-12)18-11-5-3-10(14)4-6-11/h3-6,8-9H,2,7,14H2,1H3,(H2,15,16,17,18). The highest BCUT2D eigenvalue weighted by Gasteiger charge is 1.99. The lowest BCUT2D eigenvalue weighted by atomic mass is 10.3. The van der Waals surface area contributed by atoms with E-state index in [0.717, 1.165) is 36.0 Å². The van der Waals surface area contributed by atoms with Gasteiger partial charge < -0.3 is 16.4 Å². The van der Waals surface area contributed by atoms with Gasteiger partial charge in [0, 0.05) is 24.0 Å². The third kappa shape index (κ3) is 3.35. The highest BCUT2D eigenvalue weighted by Crippen LogP contribution is 2.17. The molecule has 0 unspecified atom stereocenters. The third-order valence-corrected chi connectivity index (χ3v) is 2.41. The maximum atomic E-state index is 5.64. The van der Waals surface area contributed by atoms with E-state index in [2.05, 4.69) is 27.5 Å². The second-order valence-electron chi connectivity index (χ2n) is 3.96. The first kappa shape index (κ1) is 12.2. The molecule has 1 aromatic carbocycles. The summed E-state index contributed by atoms with van der Waals surface area (Å²) in [6.45, 7) is 3.01. The van der Waals surface area contributed by atoms with Crippen LogP contribution >= 0.6 is 0 Å². The molecule has 0 aliphatic heterocycles. The van der Waals surface area contributed by atoms with E-state index in [1.807, 2.05) is 30.3 Å². The van der Waals surface area contributed by atoms with Crippen LogP contribution in [0.3, 0.4) is 0 Å². The number of nitrogens with one attached hydrogen (secondary N) is 2. The van der Waals surface area contributed by atoms with Crippen molar-refractivity contribution >= 4 is 23.0 Å². The van der Waals surface area contributed by atoms with Crippen molar-refractivity contribution in [3.63, 3.8) is 0 Å². The van der Waals surface area contributed by atoms with Crippen molar-refractivity contribution in [3.8, 4) is 0 Å². The van der Waals surface area contributed by atoms with E-state index < -0.39 is 0 Å². The second kappa shape index (κ2) is 5.86. The number of aromatic nitrogens is 2. The number of rotatable bonds is 5. The Balaban J connectivity index is 2.06. The van der Waals surface area contributed by atoms with Gasteiger partial charge in [0.1, 0.15) is 18.0 Å². The lowest BCUT2D eigenvalue weighted by Crippen LogP contribution is -2.03. The molecule has 2 aromatic rings. The van der Waals surface area contributed by atoms with Gasteiger partial charge in [0.05, 0.1) is 0 Å². The van der Waals surface area contributed by atoms with Crippen LogP contribution in [0, 0.1) is 0 Å². The summed E-state index contributed by atoms with van der Waals surface area (Å²) in [5.41, 5.74) is 7.33. The van der Waals surface area contributed by atoms with Crippen molar-refractivity contribution < 1.29 is 0 Å². The molecule has 2 rings (SSSR count). The zero-order valence-corrected chi connectivity index (χ0v) is 10.4. The van der Waals surface area contributed by atoms with Gasteiger partial charge in [-0.05, 0) is 30.7 Å². The van der Waals surface area contributed by atoms with Gasteiger partial charge in [0.25, 0.3) is 0 Å². The molecule has 0 amide bonds. The molecule has 0 atom stereocenters. The Morgan fingerprint density at radius 3 is 2.56 bits per heavy atom. The number of hydrogen-bond donors (Lipinski definition) is 3. The quantitative estimate of drug-likeness (QED) is 0.704. The first-order valence-corrected chi connectivity index (χ1v) is 5.96. The Labute approximate surface area is 106 Å². The SMILES string of the molecule is CCCNc1cc(Nc2ccc(N)cc2)ncn1. The van der Waals surface area contributed by atoms with E-state index in [0.29, 0.717) is 0 Å². The minimum Gasteiger partial charge on any atom is -0.399 e. The third-order valence-electron chi connectivity index (χ3n) is 2.41. The van der Waals surface area contributed by atoms with Crippen LogP contribution in [0.25, 0.3) is 0 Å². The Morgan fingerprint density at radius 2 is 1.83 bits per heavy atom. The summed E-state index contributed by atoms with van der Waals surface area (Å²) in [5, 5.41) is 6.42. The number of anilines is 4. The maximum absolute atomic E-state index is 5.64. The van der Waals surface area contributed by atoms with E-state index in [9.17, 15) is 0 Å². The van der Waals surface area contributed by atoms with Gasteiger partial charge in [0.15, 0.2) is 0 Å². The van der Waals surface area contributed by atoms with Gasteiger partial charge in [-0.3, -0.25) is 0 Å². The average Bonchev–Trinajstić information content (AvgIpc) is 2.40. The molecule has 5 nitrogen and oxygen atoms in total. The van der Waals surface area contributed by atoms with Crippen molar-refractivity contribution in [2.24, 2.45) is 0 Å². The molecule has 18 heavy (non-hydrogen) atoms. The van der Waals surface area contributed by atoms with Gasteiger partial charge in [-0.1, -0.05) is 6.92 Å². The molecule has 4 N–H and O–H groups in total. The highest BCUT2D eigenvalue weighted by molar-refractivity contribution is 5.60. The van der Waals surface area contributed by atoms with Crippen LogP contribution in [0.1, 0.15) is 13.3 Å². The molecule has 0 saturated carbocycles. The van der Waals surface area contributed by atoms with Gasteiger partial charge >= 0.3 is 0 Å². The fourth-order valence-electron chi connectivity index (χ4n) is 1.49. The molecule has 94 valence electrons. The summed E-state index contributed by atoms with van der Waals surface area (Å²) in [7, 11) is 0. The average molecular weight is 243 g/mol. The molecule has 0 aliphatic carbocycles. The van der Waals surface area contributed by atoms with Crippen molar-refractivity contribution in [3.05, 3.63) is 36.7 Å². The van der Waals surface area contributed by atoms with E-state index in [4.69, 9.17) is 5.73 Å². The Kier molecular flexibility index (Phi) is 3.96. The smallest absolute Gasteiger partial charge is 0.135 e. The number of hydrogen-bond acceptors (Lipinski definition) is 5. The molecule has 5 heteroatoms. The Hall–Kier alpha value is -2.30. The van der Waals surface area contributed by atoms with Crippen molar-refractivity contribution in [1.82, 2.24) is 9.97 Å². The minimum absolute atomic E-state index is 0.744. The normalized spacial score (nSPS) is 10.1. The van der Waals surface area contributed by atoms with Crippen LogP contribution in [0.15, 0.2) is 36.7 Å². The first-order valence-electron chi connectivity index (χ1n) is 5.96. The summed E-state index contributed by atoms with van der Waals surface area (Å²) in [6.07, 6.45) is 2.60. The summed E-state index contributed by atoms with van der Waals surface area (Å²) >= 11 is 0. The number of benzene rings is 1. The van der Waals surface area contributed by atoms with Crippen molar-refractivity contribution in [1.29, 1.82) is 0 Å². The number of nitrogen functional groups attached to an aromatic ring is 1. The Morgan fingerprint density at radius 1 is 1.11 bits per heavy atom. The fourth-order valence-corrected chi connectivity index (χ4v) is 1.49. The topological polar surface area (TPSA) is 75.9 Å². The molecular formula is C13H17N5. The summed E-state index contributed by atoms with van der Waals surface area (Å²) < 4.78 is 0. The van der Waals surface area contributed by atoms with Crippen LogP contribution in [-0.2, 0) is 0 Å². The molecular weight excluding hydrogens is 226 g/mol. The van der Waals surface area contributed by atoms with Crippen LogP contribution in [-0.4, -0.2) is 16.5 Å². The number of nitrogens with zero attached hydrogens (tertiary/aromatic N) is 2. The van der Waals surface area contributed by atoms with Gasteiger partial charge in [-0.15, -0.1) is 0 Å². The molecule has 0 radical (unpaired) electrons. The molecule has 1 aromatic heterocycles. The lowest BCUT2D eigenvalue weighted by Gasteiger charge is -2.08. The highest BCUT2D eigenvalue weighted by atomic mass is 15.1. The molecule has 0 aliphatic rings. The fraction of sp³-hybridized carbons (Fsp3) is 0.231. The zero-order chi connectivity index (χ0) is 12.8. The molecule has 1 heterocycles. The Bertz CT molecular complexity index is 495.